The Labute approximate surface area is 164 Å². The van der Waals surface area contributed by atoms with Crippen molar-refractivity contribution in [2.45, 2.75) is 30.1 Å². The quantitative estimate of drug-likeness (QED) is 0.744. The Balaban J connectivity index is 1.82. The Morgan fingerprint density at radius 3 is 2.56 bits per heavy atom. The zero-order valence-corrected chi connectivity index (χ0v) is 16.7. The van der Waals surface area contributed by atoms with E-state index in [0.717, 1.165) is 18.4 Å². The van der Waals surface area contributed by atoms with Crippen LogP contribution in [0.2, 0.25) is 0 Å². The van der Waals surface area contributed by atoms with Crippen LogP contribution in [0.3, 0.4) is 0 Å². The van der Waals surface area contributed by atoms with Gasteiger partial charge in [-0.15, -0.1) is 11.3 Å². The molecule has 27 heavy (non-hydrogen) atoms. The van der Waals surface area contributed by atoms with Crippen molar-refractivity contribution in [1.82, 2.24) is 4.98 Å². The predicted molar refractivity (Wildman–Crippen MR) is 107 cm³/mol. The van der Waals surface area contributed by atoms with Crippen LogP contribution in [0.25, 0.3) is 0 Å². The van der Waals surface area contributed by atoms with Gasteiger partial charge in [0, 0.05) is 25.7 Å². The molecular weight excluding hydrogens is 383 g/mol. The summed E-state index contributed by atoms with van der Waals surface area (Å²) >= 11 is 1.22. The molecule has 1 fully saturated rings. The number of anilines is 1. The van der Waals surface area contributed by atoms with Crippen LogP contribution >= 0.6 is 11.3 Å². The van der Waals surface area contributed by atoms with E-state index in [1.54, 1.807) is 24.3 Å². The zero-order chi connectivity index (χ0) is 19.4. The van der Waals surface area contributed by atoms with Crippen molar-refractivity contribution in [2.75, 3.05) is 24.8 Å². The van der Waals surface area contributed by atoms with Gasteiger partial charge in [0.1, 0.15) is 7.85 Å². The highest BCUT2D eigenvalue weighted by molar-refractivity contribution is 7.90. The lowest BCUT2D eigenvalue weighted by Crippen LogP contribution is -2.26. The van der Waals surface area contributed by atoms with E-state index in [1.807, 2.05) is 0 Å². The van der Waals surface area contributed by atoms with Crippen LogP contribution in [0.15, 0.2) is 35.4 Å². The normalized spacial score (nSPS) is 16.8. The monoisotopic (exact) mass is 404 g/mol. The summed E-state index contributed by atoms with van der Waals surface area (Å²) in [5, 5.41) is 3.30. The van der Waals surface area contributed by atoms with Crippen LogP contribution in [-0.4, -0.2) is 46.6 Å². The number of nitrogens with one attached hydrogen (secondary N) is 1. The van der Waals surface area contributed by atoms with Crippen molar-refractivity contribution in [3.63, 3.8) is 0 Å². The lowest BCUT2D eigenvalue weighted by molar-refractivity contribution is -0.118. The van der Waals surface area contributed by atoms with Gasteiger partial charge >= 0.3 is 0 Å². The number of aromatic nitrogens is 1. The molecule has 0 aliphatic carbocycles. The van der Waals surface area contributed by atoms with Crippen molar-refractivity contribution in [2.24, 2.45) is 5.92 Å². The lowest BCUT2D eigenvalue weighted by Gasteiger charge is -2.26. The third-order valence-corrected chi connectivity index (χ3v) is 6.56. The second-order valence-corrected chi connectivity index (χ2v) is 9.82. The van der Waals surface area contributed by atoms with Crippen molar-refractivity contribution in [1.29, 1.82) is 0 Å². The first-order valence-electron chi connectivity index (χ1n) is 8.73. The van der Waals surface area contributed by atoms with E-state index < -0.39 is 15.8 Å². The first kappa shape index (κ1) is 20.0. The molecule has 6 nitrogen and oxygen atoms in total. The van der Waals surface area contributed by atoms with Gasteiger partial charge in [-0.2, -0.15) is 0 Å². The fourth-order valence-corrected chi connectivity index (χ4v) is 4.41. The smallest absolute Gasteiger partial charge is 0.233 e. The summed E-state index contributed by atoms with van der Waals surface area (Å²) in [6.45, 7) is 1.41. The highest BCUT2D eigenvalue weighted by Crippen LogP contribution is 2.31. The van der Waals surface area contributed by atoms with Gasteiger partial charge in [-0.3, -0.25) is 4.79 Å². The number of rotatable bonds is 6. The minimum atomic E-state index is -3.28. The molecule has 1 amide bonds. The fraction of sp³-hybridized carbons (Fsp3) is 0.444. The first-order valence-corrected chi connectivity index (χ1v) is 11.4. The third-order valence-electron chi connectivity index (χ3n) is 4.69. The van der Waals surface area contributed by atoms with Crippen LogP contribution in [0, 0.1) is 5.92 Å². The molecule has 3 rings (SSSR count). The Morgan fingerprint density at radius 1 is 1.33 bits per heavy atom. The number of hydrogen-bond acceptors (Lipinski definition) is 6. The second-order valence-electron chi connectivity index (χ2n) is 6.74. The van der Waals surface area contributed by atoms with Crippen LogP contribution in [-0.2, 0) is 19.4 Å². The zero-order valence-electron chi connectivity index (χ0n) is 15.1. The first-order chi connectivity index (χ1) is 12.8. The summed E-state index contributed by atoms with van der Waals surface area (Å²) < 4.78 is 29.3. The van der Waals surface area contributed by atoms with Crippen molar-refractivity contribution in [3.05, 3.63) is 36.0 Å². The highest BCUT2D eigenvalue weighted by atomic mass is 32.2. The van der Waals surface area contributed by atoms with Gasteiger partial charge in [0.25, 0.3) is 0 Å². The van der Waals surface area contributed by atoms with E-state index in [-0.39, 0.29) is 10.8 Å². The average molecular weight is 404 g/mol. The maximum absolute atomic E-state index is 12.9. The average Bonchev–Trinajstić information content (AvgIpc) is 3.04. The number of carbonyl (C=O) groups is 1. The molecule has 0 bridgehead atoms. The van der Waals surface area contributed by atoms with Crippen molar-refractivity contribution >= 4 is 44.8 Å². The van der Waals surface area contributed by atoms with Gasteiger partial charge in [-0.1, -0.05) is 12.1 Å². The molecule has 1 N–H and O–H groups in total. The molecular formula is C18H21BN2O4S2. The number of hydrogen-bond donors (Lipinski definition) is 1. The van der Waals surface area contributed by atoms with Gasteiger partial charge in [-0.05, 0) is 47.7 Å². The Kier molecular flexibility index (Phi) is 6.34. The second kappa shape index (κ2) is 8.54. The minimum absolute atomic E-state index is 0.164. The standard InChI is InChI=1S/C18H21BN2O4S2/c1-27(23,24)14-4-2-13(3-5-14)15(10-12-6-8-25-9-7-12)17(22)21-18-20-11-16(19)26-18/h2-5,11-12,15H,6-10H2,1H3,(H,20,21,22). The van der Waals surface area contributed by atoms with Gasteiger partial charge in [0.05, 0.1) is 10.8 Å². The molecule has 1 aromatic carbocycles. The minimum Gasteiger partial charge on any atom is -0.381 e. The van der Waals surface area contributed by atoms with E-state index in [0.29, 0.717) is 35.5 Å². The number of nitrogens with zero attached hydrogens (tertiary/aromatic N) is 1. The van der Waals surface area contributed by atoms with E-state index in [1.165, 1.54) is 23.8 Å². The molecule has 1 aromatic heterocycles. The molecule has 2 aromatic rings. The predicted octanol–water partition coefficient (Wildman–Crippen LogP) is 1.88. The van der Waals surface area contributed by atoms with Gasteiger partial charge in [0.15, 0.2) is 15.0 Å². The van der Waals surface area contributed by atoms with Crippen molar-refractivity contribution in [3.8, 4) is 0 Å². The van der Waals surface area contributed by atoms with E-state index in [4.69, 9.17) is 12.6 Å². The van der Waals surface area contributed by atoms with E-state index >= 15 is 0 Å². The van der Waals surface area contributed by atoms with Gasteiger partial charge in [-0.25, -0.2) is 13.4 Å². The van der Waals surface area contributed by atoms with Gasteiger partial charge < -0.3 is 10.1 Å². The van der Waals surface area contributed by atoms with Crippen LogP contribution < -0.4 is 10.1 Å². The van der Waals surface area contributed by atoms with Crippen LogP contribution in [0.1, 0.15) is 30.7 Å². The van der Waals surface area contributed by atoms with E-state index in [9.17, 15) is 13.2 Å². The van der Waals surface area contributed by atoms with Crippen LogP contribution in [0.5, 0.6) is 0 Å². The molecule has 142 valence electrons. The molecule has 2 heterocycles. The highest BCUT2D eigenvalue weighted by Gasteiger charge is 2.27. The molecule has 1 unspecified atom stereocenters. The third kappa shape index (κ3) is 5.40. The van der Waals surface area contributed by atoms with Crippen molar-refractivity contribution < 1.29 is 17.9 Å². The molecule has 1 saturated heterocycles. The topological polar surface area (TPSA) is 85.4 Å². The molecule has 2 radical (unpaired) electrons. The molecule has 9 heteroatoms. The Hall–Kier alpha value is -1.71. The number of ether oxygens (including phenoxy) is 1. The summed E-state index contributed by atoms with van der Waals surface area (Å²) in [7, 11) is 2.40. The molecule has 1 aliphatic rings. The van der Waals surface area contributed by atoms with Gasteiger partial charge in [0.2, 0.25) is 5.91 Å². The number of amides is 1. The van der Waals surface area contributed by atoms with E-state index in [2.05, 4.69) is 10.3 Å². The Bertz CT molecular complexity index is 890. The maximum atomic E-state index is 12.9. The summed E-state index contributed by atoms with van der Waals surface area (Å²) in [6.07, 6.45) is 5.18. The number of thiazole rings is 1. The number of sulfone groups is 1. The largest absolute Gasteiger partial charge is 0.381 e. The van der Waals surface area contributed by atoms with Crippen LogP contribution in [0.4, 0.5) is 5.13 Å². The molecule has 1 atom stereocenters. The summed E-state index contributed by atoms with van der Waals surface area (Å²) in [5.74, 6) is -0.180. The number of benzene rings is 1. The Morgan fingerprint density at radius 2 is 2.00 bits per heavy atom. The molecule has 1 aliphatic heterocycles. The molecule has 0 saturated carbocycles. The molecule has 0 spiro atoms. The number of carbonyl (C=O) groups excluding carboxylic acids is 1. The lowest BCUT2D eigenvalue weighted by atomic mass is 9.84. The SMILES string of the molecule is [B]c1cnc(NC(=O)C(CC2CCOCC2)c2ccc(S(C)(=O)=O)cc2)s1. The summed E-state index contributed by atoms with van der Waals surface area (Å²) in [4.78, 5) is 17.3. The fourth-order valence-electron chi connectivity index (χ4n) is 3.19. The maximum Gasteiger partial charge on any atom is 0.233 e. The summed E-state index contributed by atoms with van der Waals surface area (Å²) in [5.41, 5.74) is 0.788. The summed E-state index contributed by atoms with van der Waals surface area (Å²) in [6, 6.07) is 6.54.